The number of imide groups is 1. The summed E-state index contributed by atoms with van der Waals surface area (Å²) in [6, 6.07) is 13.6. The van der Waals surface area contributed by atoms with Gasteiger partial charge in [0.15, 0.2) is 0 Å². The minimum atomic E-state index is -0.506. The van der Waals surface area contributed by atoms with Gasteiger partial charge in [-0.1, -0.05) is 42.6 Å². The van der Waals surface area contributed by atoms with E-state index in [2.05, 4.69) is 0 Å². The molecule has 2 fully saturated rings. The van der Waals surface area contributed by atoms with E-state index >= 15 is 0 Å². The van der Waals surface area contributed by atoms with E-state index in [4.69, 9.17) is 16.3 Å². The molecule has 2 atom stereocenters. The standard InChI is InChI=1S/C22H20ClNO4/c23-16-10-8-14(9-11-16)13-28-22(27)15-4-3-5-17(12-15)24-20(25)18-6-1-2-7-19(18)21(24)26/h3-5,8-12,18-19H,1-2,6-7,13H2/t18-,19+. The Balaban J connectivity index is 1.49. The molecule has 2 aromatic rings. The topological polar surface area (TPSA) is 63.7 Å². The third kappa shape index (κ3) is 3.54. The Morgan fingerprint density at radius 2 is 1.64 bits per heavy atom. The maximum atomic E-state index is 12.7. The molecule has 28 heavy (non-hydrogen) atoms. The van der Waals surface area contributed by atoms with Crippen molar-refractivity contribution >= 4 is 35.1 Å². The van der Waals surface area contributed by atoms with Gasteiger partial charge in [0.1, 0.15) is 6.61 Å². The van der Waals surface area contributed by atoms with Gasteiger partial charge in [0.25, 0.3) is 0 Å². The molecule has 0 N–H and O–H groups in total. The number of halogens is 1. The highest BCUT2D eigenvalue weighted by Gasteiger charge is 2.48. The Hall–Kier alpha value is -2.66. The van der Waals surface area contributed by atoms with Crippen molar-refractivity contribution in [1.29, 1.82) is 0 Å². The number of carbonyl (C=O) groups excluding carboxylic acids is 3. The molecule has 1 saturated carbocycles. The first-order valence-electron chi connectivity index (χ1n) is 9.44. The predicted molar refractivity (Wildman–Crippen MR) is 105 cm³/mol. The van der Waals surface area contributed by atoms with Crippen LogP contribution in [0.1, 0.15) is 41.6 Å². The van der Waals surface area contributed by atoms with Crippen molar-refractivity contribution < 1.29 is 19.1 Å². The van der Waals surface area contributed by atoms with E-state index < -0.39 is 5.97 Å². The first-order chi connectivity index (χ1) is 13.5. The van der Waals surface area contributed by atoms with Gasteiger partial charge in [0, 0.05) is 5.02 Å². The van der Waals surface area contributed by atoms with Crippen molar-refractivity contribution in [1.82, 2.24) is 0 Å². The Morgan fingerprint density at radius 1 is 1.00 bits per heavy atom. The maximum absolute atomic E-state index is 12.7. The summed E-state index contributed by atoms with van der Waals surface area (Å²) in [5.41, 5.74) is 1.56. The molecular formula is C22H20ClNO4. The summed E-state index contributed by atoms with van der Waals surface area (Å²) in [7, 11) is 0. The summed E-state index contributed by atoms with van der Waals surface area (Å²) in [5, 5.41) is 0.614. The van der Waals surface area contributed by atoms with Crippen LogP contribution >= 0.6 is 11.6 Å². The van der Waals surface area contributed by atoms with Crippen molar-refractivity contribution in [3.05, 3.63) is 64.7 Å². The quantitative estimate of drug-likeness (QED) is 0.567. The molecule has 4 rings (SSSR count). The second-order valence-corrected chi connectivity index (χ2v) is 7.70. The van der Waals surface area contributed by atoms with Gasteiger partial charge in [-0.25, -0.2) is 4.79 Å². The van der Waals surface area contributed by atoms with Crippen molar-refractivity contribution in [3.63, 3.8) is 0 Å². The number of fused-ring (bicyclic) bond motifs is 1. The van der Waals surface area contributed by atoms with Gasteiger partial charge in [0.2, 0.25) is 11.8 Å². The van der Waals surface area contributed by atoms with Crippen LogP contribution in [0.4, 0.5) is 5.69 Å². The van der Waals surface area contributed by atoms with E-state index in [9.17, 15) is 14.4 Å². The lowest BCUT2D eigenvalue weighted by molar-refractivity contribution is -0.122. The lowest BCUT2D eigenvalue weighted by atomic mass is 9.81. The molecule has 0 spiro atoms. The highest BCUT2D eigenvalue weighted by atomic mass is 35.5. The van der Waals surface area contributed by atoms with Gasteiger partial charge in [-0.05, 0) is 48.7 Å². The van der Waals surface area contributed by atoms with Crippen LogP contribution in [-0.4, -0.2) is 17.8 Å². The molecule has 2 amide bonds. The number of esters is 1. The molecular weight excluding hydrogens is 378 g/mol. The minimum absolute atomic E-state index is 0.117. The van der Waals surface area contributed by atoms with E-state index in [-0.39, 0.29) is 30.3 Å². The van der Waals surface area contributed by atoms with E-state index in [0.717, 1.165) is 31.2 Å². The Kier molecular flexibility index (Phi) is 5.18. The van der Waals surface area contributed by atoms with Crippen LogP contribution in [0.2, 0.25) is 5.02 Å². The summed E-state index contributed by atoms with van der Waals surface area (Å²) >= 11 is 5.85. The molecule has 144 valence electrons. The van der Waals surface area contributed by atoms with Crippen LogP contribution in [0.25, 0.3) is 0 Å². The van der Waals surface area contributed by atoms with Gasteiger partial charge in [-0.3, -0.25) is 14.5 Å². The zero-order valence-corrected chi connectivity index (χ0v) is 16.0. The SMILES string of the molecule is O=C(OCc1ccc(Cl)cc1)c1cccc(N2C(=O)[C@H]3CCCC[C@H]3C2=O)c1. The summed E-state index contributed by atoms with van der Waals surface area (Å²) in [5.74, 6) is -1.25. The number of benzene rings is 2. The normalized spacial score (nSPS) is 21.5. The van der Waals surface area contributed by atoms with Crippen molar-refractivity contribution in [3.8, 4) is 0 Å². The number of anilines is 1. The molecule has 2 aromatic carbocycles. The summed E-state index contributed by atoms with van der Waals surface area (Å²) in [6.07, 6.45) is 3.47. The van der Waals surface area contributed by atoms with Gasteiger partial charge in [-0.2, -0.15) is 0 Å². The van der Waals surface area contributed by atoms with Crippen LogP contribution in [0.5, 0.6) is 0 Å². The Morgan fingerprint density at radius 3 is 2.29 bits per heavy atom. The highest BCUT2D eigenvalue weighted by molar-refractivity contribution is 6.30. The van der Waals surface area contributed by atoms with Crippen molar-refractivity contribution in [2.75, 3.05) is 4.90 Å². The zero-order valence-electron chi connectivity index (χ0n) is 15.3. The highest BCUT2D eigenvalue weighted by Crippen LogP contribution is 2.40. The number of hydrogen-bond donors (Lipinski definition) is 0. The van der Waals surface area contributed by atoms with Gasteiger partial charge >= 0.3 is 5.97 Å². The number of carbonyl (C=O) groups is 3. The Bertz CT molecular complexity index is 900. The van der Waals surface area contributed by atoms with E-state index in [1.165, 1.54) is 4.90 Å². The fourth-order valence-electron chi connectivity index (χ4n) is 4.00. The van der Waals surface area contributed by atoms with E-state index in [0.29, 0.717) is 16.3 Å². The van der Waals surface area contributed by atoms with Crippen LogP contribution < -0.4 is 4.90 Å². The third-order valence-corrected chi connectivity index (χ3v) is 5.72. The number of hydrogen-bond acceptors (Lipinski definition) is 4. The molecule has 0 unspecified atom stereocenters. The molecule has 0 aromatic heterocycles. The summed E-state index contributed by atoms with van der Waals surface area (Å²) in [4.78, 5) is 39.2. The number of rotatable bonds is 4. The monoisotopic (exact) mass is 397 g/mol. The molecule has 1 aliphatic heterocycles. The first-order valence-corrected chi connectivity index (χ1v) is 9.82. The van der Waals surface area contributed by atoms with Crippen LogP contribution in [0.15, 0.2) is 48.5 Å². The van der Waals surface area contributed by atoms with E-state index in [1.54, 1.807) is 48.5 Å². The molecule has 6 heteroatoms. The lowest BCUT2D eigenvalue weighted by Crippen LogP contribution is -2.31. The molecule has 1 saturated heterocycles. The average Bonchev–Trinajstić information content (AvgIpc) is 2.98. The molecule has 2 aliphatic rings. The van der Waals surface area contributed by atoms with E-state index in [1.807, 2.05) is 0 Å². The number of ether oxygens (including phenoxy) is 1. The first kappa shape index (κ1) is 18.7. The van der Waals surface area contributed by atoms with Crippen LogP contribution in [0.3, 0.4) is 0 Å². The van der Waals surface area contributed by atoms with Gasteiger partial charge in [-0.15, -0.1) is 0 Å². The minimum Gasteiger partial charge on any atom is -0.457 e. The van der Waals surface area contributed by atoms with Gasteiger partial charge in [0.05, 0.1) is 23.1 Å². The summed E-state index contributed by atoms with van der Waals surface area (Å²) < 4.78 is 5.35. The second-order valence-electron chi connectivity index (χ2n) is 7.26. The smallest absolute Gasteiger partial charge is 0.338 e. The molecule has 0 bridgehead atoms. The Labute approximate surface area is 168 Å². The maximum Gasteiger partial charge on any atom is 0.338 e. The van der Waals surface area contributed by atoms with Crippen molar-refractivity contribution in [2.45, 2.75) is 32.3 Å². The molecule has 1 aliphatic carbocycles. The average molecular weight is 398 g/mol. The number of nitrogens with zero attached hydrogens (tertiary/aromatic N) is 1. The molecule has 0 radical (unpaired) electrons. The van der Waals surface area contributed by atoms with Crippen molar-refractivity contribution in [2.24, 2.45) is 11.8 Å². The lowest BCUT2D eigenvalue weighted by Gasteiger charge is -2.19. The third-order valence-electron chi connectivity index (χ3n) is 5.46. The summed E-state index contributed by atoms with van der Waals surface area (Å²) in [6.45, 7) is 0.117. The van der Waals surface area contributed by atoms with Gasteiger partial charge < -0.3 is 4.74 Å². The second kappa shape index (κ2) is 7.76. The fraction of sp³-hybridized carbons (Fsp3) is 0.318. The van der Waals surface area contributed by atoms with Crippen LogP contribution in [0, 0.1) is 11.8 Å². The zero-order chi connectivity index (χ0) is 19.7. The largest absolute Gasteiger partial charge is 0.457 e. The fourth-order valence-corrected chi connectivity index (χ4v) is 4.13. The number of amides is 2. The molecule has 1 heterocycles. The van der Waals surface area contributed by atoms with Crippen LogP contribution in [-0.2, 0) is 20.9 Å². The molecule has 5 nitrogen and oxygen atoms in total. The predicted octanol–water partition coefficient (Wildman–Crippen LogP) is 4.38.